The van der Waals surface area contributed by atoms with Gasteiger partial charge in [-0.3, -0.25) is 4.79 Å². The maximum Gasteiger partial charge on any atom is 0.254 e. The second-order valence-corrected chi connectivity index (χ2v) is 3.52. The van der Waals surface area contributed by atoms with Gasteiger partial charge in [0.1, 0.15) is 5.82 Å². The number of aromatic amines is 1. The summed E-state index contributed by atoms with van der Waals surface area (Å²) in [6.45, 7) is 1.19. The Hall–Kier alpha value is -1.20. The van der Waals surface area contributed by atoms with Crippen molar-refractivity contribution in [3.8, 4) is 0 Å². The number of rotatable bonds is 2. The van der Waals surface area contributed by atoms with Gasteiger partial charge in [0.15, 0.2) is 0 Å². The number of aromatic nitrogens is 2. The molecule has 82 valence electrons. The summed E-state index contributed by atoms with van der Waals surface area (Å²) in [6.07, 6.45) is 1.69. The van der Waals surface area contributed by atoms with Crippen LogP contribution in [0.3, 0.4) is 0 Å². The lowest BCUT2D eigenvalue weighted by Gasteiger charge is -2.05. The Bertz CT molecular complexity index is 400. The maximum absolute atomic E-state index is 11.7. The molecule has 1 aromatic heterocycles. The van der Waals surface area contributed by atoms with Crippen molar-refractivity contribution in [2.24, 2.45) is 0 Å². The van der Waals surface area contributed by atoms with Crippen LogP contribution in [0.15, 0.2) is 4.79 Å². The van der Waals surface area contributed by atoms with E-state index in [1.807, 2.05) is 0 Å². The Morgan fingerprint density at radius 1 is 1.40 bits per heavy atom. The van der Waals surface area contributed by atoms with Crippen LogP contribution in [0.25, 0.3) is 0 Å². The molecule has 0 atom stereocenters. The van der Waals surface area contributed by atoms with E-state index in [0.717, 1.165) is 11.3 Å². The van der Waals surface area contributed by atoms with Crippen LogP contribution >= 0.6 is 0 Å². The van der Waals surface area contributed by atoms with Crippen molar-refractivity contribution in [3.05, 3.63) is 27.4 Å². The molecule has 1 aromatic rings. The van der Waals surface area contributed by atoms with Gasteiger partial charge in [-0.25, -0.2) is 4.98 Å². The van der Waals surface area contributed by atoms with E-state index in [9.17, 15) is 4.79 Å². The van der Waals surface area contributed by atoms with Gasteiger partial charge in [0.2, 0.25) is 0 Å². The van der Waals surface area contributed by atoms with E-state index in [1.54, 1.807) is 0 Å². The summed E-state index contributed by atoms with van der Waals surface area (Å²) in [7, 11) is 0. The van der Waals surface area contributed by atoms with Crippen LogP contribution in [0.1, 0.15) is 17.1 Å². The first-order chi connectivity index (χ1) is 7.31. The molecule has 5 nitrogen and oxygen atoms in total. The van der Waals surface area contributed by atoms with Gasteiger partial charge in [0.25, 0.3) is 5.56 Å². The van der Waals surface area contributed by atoms with E-state index in [-0.39, 0.29) is 12.2 Å². The number of ether oxygens (including phenoxy) is 1. The third-order valence-corrected chi connectivity index (χ3v) is 2.48. The highest BCUT2D eigenvalue weighted by atomic mass is 16.5. The number of nitrogens with one attached hydrogen (secondary N) is 1. The number of aliphatic hydroxyl groups is 1. The largest absolute Gasteiger partial charge is 0.396 e. The molecule has 0 fully saturated rings. The molecular weight excluding hydrogens is 196 g/mol. The van der Waals surface area contributed by atoms with Crippen LogP contribution in [-0.2, 0) is 24.0 Å². The molecule has 15 heavy (non-hydrogen) atoms. The lowest BCUT2D eigenvalue weighted by Crippen LogP contribution is -2.20. The van der Waals surface area contributed by atoms with E-state index in [4.69, 9.17) is 9.84 Å². The van der Waals surface area contributed by atoms with Crippen LogP contribution in [0, 0.1) is 0 Å². The van der Waals surface area contributed by atoms with Gasteiger partial charge >= 0.3 is 0 Å². The molecule has 5 heteroatoms. The maximum atomic E-state index is 11.7. The lowest BCUT2D eigenvalue weighted by molar-refractivity contribution is 0.146. The van der Waals surface area contributed by atoms with Crippen molar-refractivity contribution < 1.29 is 9.84 Å². The molecule has 0 unspecified atom stereocenters. The lowest BCUT2D eigenvalue weighted by atomic mass is 10.1. The molecule has 0 radical (unpaired) electrons. The van der Waals surface area contributed by atoms with E-state index in [0.29, 0.717) is 38.3 Å². The molecule has 2 N–H and O–H groups in total. The van der Waals surface area contributed by atoms with Gasteiger partial charge in [-0.05, 0) is 0 Å². The van der Waals surface area contributed by atoms with Crippen LogP contribution in [0.4, 0.5) is 0 Å². The summed E-state index contributed by atoms with van der Waals surface area (Å²) < 4.78 is 5.29. The van der Waals surface area contributed by atoms with Crippen molar-refractivity contribution in [1.29, 1.82) is 0 Å². The SMILES string of the molecule is O=c1[nH]c(CCO)nc2c1CCOCC2. The minimum absolute atomic E-state index is 0.00176. The Morgan fingerprint density at radius 2 is 2.20 bits per heavy atom. The molecule has 0 aliphatic carbocycles. The zero-order valence-electron chi connectivity index (χ0n) is 8.45. The van der Waals surface area contributed by atoms with Crippen LogP contribution in [0.2, 0.25) is 0 Å². The second-order valence-electron chi connectivity index (χ2n) is 3.52. The smallest absolute Gasteiger partial charge is 0.254 e. The molecule has 1 aliphatic heterocycles. The van der Waals surface area contributed by atoms with E-state index in [1.165, 1.54) is 0 Å². The van der Waals surface area contributed by atoms with E-state index < -0.39 is 0 Å². The summed E-state index contributed by atoms with van der Waals surface area (Å²) in [6, 6.07) is 0. The van der Waals surface area contributed by atoms with Gasteiger partial charge in [0.05, 0.1) is 25.5 Å². The Labute approximate surface area is 87.1 Å². The molecule has 0 aromatic carbocycles. The van der Waals surface area contributed by atoms with Crippen LogP contribution < -0.4 is 5.56 Å². The summed E-state index contributed by atoms with van der Waals surface area (Å²) >= 11 is 0. The Balaban J connectivity index is 2.39. The first-order valence-corrected chi connectivity index (χ1v) is 5.11. The molecule has 0 spiro atoms. The molecule has 0 saturated heterocycles. The number of aliphatic hydroxyl groups excluding tert-OH is 1. The van der Waals surface area contributed by atoms with E-state index in [2.05, 4.69) is 9.97 Å². The normalized spacial score (nSPS) is 15.8. The van der Waals surface area contributed by atoms with Crippen molar-refractivity contribution in [1.82, 2.24) is 9.97 Å². The molecular formula is C10H14N2O3. The first kappa shape index (κ1) is 10.3. The van der Waals surface area contributed by atoms with Crippen molar-refractivity contribution >= 4 is 0 Å². The van der Waals surface area contributed by atoms with Gasteiger partial charge < -0.3 is 14.8 Å². The number of H-pyrrole nitrogens is 1. The molecule has 1 aliphatic rings. The number of hydrogen-bond acceptors (Lipinski definition) is 4. The standard InChI is InChI=1S/C10H14N2O3/c13-4-1-9-11-8-3-6-15-5-2-7(8)10(14)12-9/h13H,1-6H2,(H,11,12,14). The second kappa shape index (κ2) is 4.55. The highest BCUT2D eigenvalue weighted by molar-refractivity contribution is 5.19. The van der Waals surface area contributed by atoms with Gasteiger partial charge in [0, 0.05) is 24.8 Å². The third kappa shape index (κ3) is 2.24. The highest BCUT2D eigenvalue weighted by Gasteiger charge is 2.14. The fourth-order valence-electron chi connectivity index (χ4n) is 1.73. The fourth-order valence-corrected chi connectivity index (χ4v) is 1.73. The number of nitrogens with zero attached hydrogens (tertiary/aromatic N) is 1. The minimum Gasteiger partial charge on any atom is -0.396 e. The zero-order valence-corrected chi connectivity index (χ0v) is 8.45. The number of fused-ring (bicyclic) bond motifs is 1. The Morgan fingerprint density at radius 3 is 3.00 bits per heavy atom. The topological polar surface area (TPSA) is 75.2 Å². The van der Waals surface area contributed by atoms with Crippen molar-refractivity contribution in [3.63, 3.8) is 0 Å². The van der Waals surface area contributed by atoms with E-state index >= 15 is 0 Å². The summed E-state index contributed by atoms with van der Waals surface area (Å²) in [5.41, 5.74) is 1.46. The van der Waals surface area contributed by atoms with Gasteiger partial charge in [-0.2, -0.15) is 0 Å². The summed E-state index contributed by atoms with van der Waals surface area (Å²) in [5.74, 6) is 0.558. The highest BCUT2D eigenvalue weighted by Crippen LogP contribution is 2.08. The zero-order chi connectivity index (χ0) is 10.7. The average Bonchev–Trinajstić information content (AvgIpc) is 2.43. The quantitative estimate of drug-likeness (QED) is 0.684. The predicted molar refractivity (Wildman–Crippen MR) is 53.9 cm³/mol. The third-order valence-electron chi connectivity index (χ3n) is 2.48. The predicted octanol–water partition coefficient (Wildman–Crippen LogP) is -0.580. The minimum atomic E-state index is -0.0889. The van der Waals surface area contributed by atoms with Gasteiger partial charge in [-0.1, -0.05) is 0 Å². The monoisotopic (exact) mass is 210 g/mol. The van der Waals surface area contributed by atoms with Crippen LogP contribution in [0.5, 0.6) is 0 Å². The molecule has 2 heterocycles. The van der Waals surface area contributed by atoms with Crippen molar-refractivity contribution in [2.45, 2.75) is 19.3 Å². The summed E-state index contributed by atoms with van der Waals surface area (Å²) in [5, 5.41) is 8.78. The number of hydrogen-bond donors (Lipinski definition) is 2. The summed E-state index contributed by atoms with van der Waals surface area (Å²) in [4.78, 5) is 18.7. The van der Waals surface area contributed by atoms with Crippen LogP contribution in [-0.4, -0.2) is 34.9 Å². The van der Waals surface area contributed by atoms with Crippen molar-refractivity contribution in [2.75, 3.05) is 19.8 Å². The molecule has 2 rings (SSSR count). The van der Waals surface area contributed by atoms with Gasteiger partial charge in [-0.15, -0.1) is 0 Å². The molecule has 0 bridgehead atoms. The Kier molecular flexibility index (Phi) is 3.13. The average molecular weight is 210 g/mol. The first-order valence-electron chi connectivity index (χ1n) is 5.11. The fraction of sp³-hybridized carbons (Fsp3) is 0.600. The molecule has 0 amide bonds. The molecule has 0 saturated carbocycles.